The van der Waals surface area contributed by atoms with Crippen LogP contribution >= 0.6 is 0 Å². The number of sulfonamides is 1. The van der Waals surface area contributed by atoms with Crippen molar-refractivity contribution in [2.24, 2.45) is 5.92 Å². The van der Waals surface area contributed by atoms with Crippen LogP contribution in [0.25, 0.3) is 0 Å². The number of hydrogen-bond acceptors (Lipinski definition) is 5. The Bertz CT molecular complexity index is 637. The summed E-state index contributed by atoms with van der Waals surface area (Å²) in [6.45, 7) is -0.0416. The lowest BCUT2D eigenvalue weighted by Gasteiger charge is -2.19. The van der Waals surface area contributed by atoms with E-state index in [2.05, 4.69) is 4.72 Å². The van der Waals surface area contributed by atoms with Crippen molar-refractivity contribution in [2.45, 2.75) is 30.2 Å². The Morgan fingerprint density at radius 2 is 2.20 bits per heavy atom. The Kier molecular flexibility index (Phi) is 4.28. The number of nitrogens with one attached hydrogen (secondary N) is 1. The molecule has 1 aliphatic rings. The number of nitrogens with zero attached hydrogens (tertiary/aromatic N) is 1. The van der Waals surface area contributed by atoms with Crippen molar-refractivity contribution in [1.82, 2.24) is 4.72 Å². The fraction of sp³-hybridized carbons (Fsp3) is 0.462. The topological polar surface area (TPSA) is 116 Å². The van der Waals surface area contributed by atoms with E-state index in [1.807, 2.05) is 6.07 Å². The molecule has 2 atom stereocenters. The van der Waals surface area contributed by atoms with Crippen LogP contribution in [0.4, 0.5) is 5.69 Å². The maximum atomic E-state index is 12.4. The number of nitrogen functional groups attached to an aromatic ring is 1. The molecule has 108 valence electrons. The van der Waals surface area contributed by atoms with Gasteiger partial charge in [0.05, 0.1) is 10.5 Å². The first-order valence-electron chi connectivity index (χ1n) is 6.40. The Balaban J connectivity index is 2.29. The summed E-state index contributed by atoms with van der Waals surface area (Å²) >= 11 is 0. The van der Waals surface area contributed by atoms with E-state index in [0.717, 1.165) is 12.8 Å². The number of anilines is 1. The van der Waals surface area contributed by atoms with Crippen LogP contribution in [0.5, 0.6) is 0 Å². The lowest BCUT2D eigenvalue weighted by atomic mass is 10.1. The molecule has 1 saturated carbocycles. The normalized spacial score (nSPS) is 22.6. The highest BCUT2D eigenvalue weighted by atomic mass is 32.2. The summed E-state index contributed by atoms with van der Waals surface area (Å²) in [5, 5.41) is 18.3. The van der Waals surface area contributed by atoms with E-state index in [1.165, 1.54) is 18.2 Å². The van der Waals surface area contributed by atoms with Crippen molar-refractivity contribution >= 4 is 15.7 Å². The van der Waals surface area contributed by atoms with Gasteiger partial charge < -0.3 is 10.8 Å². The molecule has 1 aromatic carbocycles. The van der Waals surface area contributed by atoms with E-state index in [4.69, 9.17) is 11.0 Å². The molecule has 0 spiro atoms. The molecule has 0 amide bonds. The summed E-state index contributed by atoms with van der Waals surface area (Å²) in [5.74, 6) is -0.0657. The third-order valence-electron chi connectivity index (χ3n) is 3.61. The van der Waals surface area contributed by atoms with Crippen LogP contribution in [0.15, 0.2) is 23.1 Å². The van der Waals surface area contributed by atoms with Gasteiger partial charge in [0.15, 0.2) is 0 Å². The Morgan fingerprint density at radius 1 is 1.45 bits per heavy atom. The van der Waals surface area contributed by atoms with Crippen molar-refractivity contribution in [2.75, 3.05) is 12.3 Å². The summed E-state index contributed by atoms with van der Waals surface area (Å²) < 4.78 is 27.3. The predicted molar refractivity (Wildman–Crippen MR) is 74.1 cm³/mol. The zero-order chi connectivity index (χ0) is 14.8. The summed E-state index contributed by atoms with van der Waals surface area (Å²) in [6, 6.07) is 5.69. The zero-order valence-electron chi connectivity index (χ0n) is 10.9. The number of aliphatic hydroxyl groups excluding tert-OH is 1. The first-order valence-corrected chi connectivity index (χ1v) is 7.89. The van der Waals surface area contributed by atoms with Gasteiger partial charge in [0.25, 0.3) is 0 Å². The van der Waals surface area contributed by atoms with Gasteiger partial charge in [-0.1, -0.05) is 6.42 Å². The van der Waals surface area contributed by atoms with Crippen molar-refractivity contribution in [3.63, 3.8) is 0 Å². The van der Waals surface area contributed by atoms with Gasteiger partial charge in [-0.3, -0.25) is 0 Å². The molecule has 0 bridgehead atoms. The first-order chi connectivity index (χ1) is 9.47. The standard InChI is InChI=1S/C13H17N3O3S/c14-7-10-6-11(15)4-5-13(10)20(18,19)16-12-3-1-2-9(12)8-17/h4-6,9,12,16-17H,1-3,8,15H2. The molecule has 6 nitrogen and oxygen atoms in total. The highest BCUT2D eigenvalue weighted by Gasteiger charge is 2.31. The smallest absolute Gasteiger partial charge is 0.242 e. The van der Waals surface area contributed by atoms with Crippen molar-refractivity contribution in [1.29, 1.82) is 5.26 Å². The summed E-state index contributed by atoms with van der Waals surface area (Å²) in [5.41, 5.74) is 5.92. The van der Waals surface area contributed by atoms with Crippen molar-refractivity contribution in [3.8, 4) is 6.07 Å². The number of aliphatic hydroxyl groups is 1. The molecule has 0 aliphatic heterocycles. The molecule has 0 radical (unpaired) electrons. The van der Waals surface area contributed by atoms with Crippen LogP contribution in [0.2, 0.25) is 0 Å². The molecule has 0 saturated heterocycles. The van der Waals surface area contributed by atoms with E-state index in [9.17, 15) is 13.5 Å². The molecule has 0 aromatic heterocycles. The molecule has 20 heavy (non-hydrogen) atoms. The average molecular weight is 295 g/mol. The lowest BCUT2D eigenvalue weighted by molar-refractivity contribution is 0.213. The first kappa shape index (κ1) is 14.8. The van der Waals surface area contributed by atoms with E-state index >= 15 is 0 Å². The number of nitrogens with two attached hydrogens (primary N) is 1. The molecule has 1 aliphatic carbocycles. The Labute approximate surface area is 118 Å². The van der Waals surface area contributed by atoms with Crippen LogP contribution in [-0.2, 0) is 10.0 Å². The largest absolute Gasteiger partial charge is 0.399 e. The number of nitriles is 1. The molecule has 0 heterocycles. The Hall–Kier alpha value is -1.62. The van der Waals surface area contributed by atoms with Crippen molar-refractivity contribution in [3.05, 3.63) is 23.8 Å². The third kappa shape index (κ3) is 2.93. The summed E-state index contributed by atoms with van der Waals surface area (Å²) in [7, 11) is -3.79. The predicted octanol–water partition coefficient (Wildman–Crippen LogP) is 0.580. The SMILES string of the molecule is N#Cc1cc(N)ccc1S(=O)(=O)NC1CCCC1CO. The molecular formula is C13H17N3O3S. The zero-order valence-corrected chi connectivity index (χ0v) is 11.7. The number of hydrogen-bond donors (Lipinski definition) is 3. The minimum absolute atomic E-state index is 0.0241. The van der Waals surface area contributed by atoms with Gasteiger partial charge in [-0.05, 0) is 37.0 Å². The van der Waals surface area contributed by atoms with Gasteiger partial charge in [-0.15, -0.1) is 0 Å². The van der Waals surface area contributed by atoms with E-state index < -0.39 is 10.0 Å². The maximum Gasteiger partial charge on any atom is 0.242 e. The average Bonchev–Trinajstić information content (AvgIpc) is 2.84. The van der Waals surface area contributed by atoms with Gasteiger partial charge in [0.2, 0.25) is 10.0 Å². The van der Waals surface area contributed by atoms with Crippen LogP contribution < -0.4 is 10.5 Å². The van der Waals surface area contributed by atoms with Gasteiger partial charge in [0.1, 0.15) is 6.07 Å². The second-order valence-corrected chi connectivity index (χ2v) is 6.65. The van der Waals surface area contributed by atoms with E-state index in [-0.39, 0.29) is 29.0 Å². The third-order valence-corrected chi connectivity index (χ3v) is 5.16. The van der Waals surface area contributed by atoms with Crippen LogP contribution in [0.1, 0.15) is 24.8 Å². The van der Waals surface area contributed by atoms with Crippen LogP contribution in [-0.4, -0.2) is 26.2 Å². The minimum atomic E-state index is -3.79. The monoisotopic (exact) mass is 295 g/mol. The fourth-order valence-corrected chi connectivity index (χ4v) is 4.02. The highest BCUT2D eigenvalue weighted by Crippen LogP contribution is 2.27. The summed E-state index contributed by atoms with van der Waals surface area (Å²) in [6.07, 6.45) is 2.38. The number of benzene rings is 1. The molecule has 1 aromatic rings. The highest BCUT2D eigenvalue weighted by molar-refractivity contribution is 7.89. The molecule has 1 fully saturated rings. The summed E-state index contributed by atoms with van der Waals surface area (Å²) in [4.78, 5) is -0.0715. The van der Waals surface area contributed by atoms with E-state index in [1.54, 1.807) is 0 Å². The lowest BCUT2D eigenvalue weighted by Crippen LogP contribution is -2.38. The van der Waals surface area contributed by atoms with Gasteiger partial charge in [-0.25, -0.2) is 13.1 Å². The molecule has 2 unspecified atom stereocenters. The second-order valence-electron chi connectivity index (χ2n) is 4.97. The van der Waals surface area contributed by atoms with Gasteiger partial charge in [0, 0.05) is 18.3 Å². The molecule has 7 heteroatoms. The fourth-order valence-electron chi connectivity index (χ4n) is 2.54. The number of rotatable bonds is 4. The van der Waals surface area contributed by atoms with Crippen molar-refractivity contribution < 1.29 is 13.5 Å². The van der Waals surface area contributed by atoms with Gasteiger partial charge >= 0.3 is 0 Å². The van der Waals surface area contributed by atoms with Crippen LogP contribution in [0.3, 0.4) is 0 Å². The van der Waals surface area contributed by atoms with Crippen LogP contribution in [0, 0.1) is 17.2 Å². The molecular weight excluding hydrogens is 278 g/mol. The second kappa shape index (κ2) is 5.79. The Morgan fingerprint density at radius 3 is 2.85 bits per heavy atom. The maximum absolute atomic E-state index is 12.4. The molecule has 2 rings (SSSR count). The van der Waals surface area contributed by atoms with Gasteiger partial charge in [-0.2, -0.15) is 5.26 Å². The quantitative estimate of drug-likeness (QED) is 0.703. The van der Waals surface area contributed by atoms with E-state index in [0.29, 0.717) is 12.1 Å². The molecule has 4 N–H and O–H groups in total. The minimum Gasteiger partial charge on any atom is -0.399 e.